The van der Waals surface area contributed by atoms with E-state index in [1.165, 1.54) is 16.8 Å². The third-order valence-electron chi connectivity index (χ3n) is 4.36. The van der Waals surface area contributed by atoms with Gasteiger partial charge in [0.25, 0.3) is 0 Å². The van der Waals surface area contributed by atoms with Crippen molar-refractivity contribution in [1.29, 1.82) is 0 Å². The third kappa shape index (κ3) is 3.21. The van der Waals surface area contributed by atoms with E-state index in [1.807, 2.05) is 12.1 Å². The molecule has 1 fully saturated rings. The first-order valence-corrected chi connectivity index (χ1v) is 7.68. The maximum Gasteiger partial charge on any atom is 0.122 e. The van der Waals surface area contributed by atoms with Crippen molar-refractivity contribution in [2.24, 2.45) is 0 Å². The van der Waals surface area contributed by atoms with Crippen molar-refractivity contribution in [3.05, 3.63) is 59.7 Å². The predicted molar refractivity (Wildman–Crippen MR) is 87.1 cm³/mol. The van der Waals surface area contributed by atoms with Gasteiger partial charge in [0, 0.05) is 31.6 Å². The van der Waals surface area contributed by atoms with E-state index in [9.17, 15) is 0 Å². The Morgan fingerprint density at radius 1 is 1.05 bits per heavy atom. The second-order valence-electron chi connectivity index (χ2n) is 5.76. The van der Waals surface area contributed by atoms with E-state index in [0.717, 1.165) is 31.7 Å². The topological polar surface area (TPSA) is 12.5 Å². The van der Waals surface area contributed by atoms with Gasteiger partial charge in [-0.05, 0) is 49.2 Å². The molecule has 1 aliphatic rings. The van der Waals surface area contributed by atoms with Gasteiger partial charge >= 0.3 is 0 Å². The van der Waals surface area contributed by atoms with Gasteiger partial charge in [-0.2, -0.15) is 0 Å². The average molecular weight is 280 g/mol. The second kappa shape index (κ2) is 6.21. The Balaban J connectivity index is 1.60. The minimum atomic E-state index is 0.331. The predicted octanol–water partition coefficient (Wildman–Crippen LogP) is 4.15. The fraction of sp³-hybridized carbons (Fsp3) is 0.368. The standard InChI is InChI=1S/C19H22NO/c1-15-7-6-10-19(16(15)2)21-18-11-13-20(14-12-18)17-8-4-3-5-9-17/h4-10,18H,11-14H2,1-2H3. The number of benzene rings is 2. The Hall–Kier alpha value is -1.96. The van der Waals surface area contributed by atoms with E-state index in [-0.39, 0.29) is 0 Å². The highest BCUT2D eigenvalue weighted by atomic mass is 16.5. The number of hydrogen-bond acceptors (Lipinski definition) is 2. The number of aryl methyl sites for hydroxylation is 1. The zero-order chi connectivity index (χ0) is 14.7. The molecule has 0 amide bonds. The molecular formula is C19H22NO. The summed E-state index contributed by atoms with van der Waals surface area (Å²) in [6.45, 7) is 6.39. The van der Waals surface area contributed by atoms with Crippen LogP contribution in [0.4, 0.5) is 5.69 Å². The van der Waals surface area contributed by atoms with E-state index < -0.39 is 0 Å². The normalized spacial score (nSPS) is 16.0. The van der Waals surface area contributed by atoms with Crippen LogP contribution in [0.1, 0.15) is 24.0 Å². The summed E-state index contributed by atoms with van der Waals surface area (Å²) in [5, 5.41) is 0. The van der Waals surface area contributed by atoms with Gasteiger partial charge in [0.2, 0.25) is 0 Å². The largest absolute Gasteiger partial charge is 0.490 e. The Bertz CT molecular complexity index is 586. The first-order valence-electron chi connectivity index (χ1n) is 7.68. The fourth-order valence-corrected chi connectivity index (χ4v) is 2.85. The van der Waals surface area contributed by atoms with Crippen molar-refractivity contribution >= 4 is 5.69 Å². The lowest BCUT2D eigenvalue weighted by atomic mass is 10.1. The molecule has 1 heterocycles. The Morgan fingerprint density at radius 2 is 1.76 bits per heavy atom. The highest BCUT2D eigenvalue weighted by molar-refractivity contribution is 5.46. The molecule has 0 atom stereocenters. The molecule has 109 valence electrons. The van der Waals surface area contributed by atoms with Gasteiger partial charge in [-0.25, -0.2) is 0 Å². The lowest BCUT2D eigenvalue weighted by molar-refractivity contribution is 0.169. The quantitative estimate of drug-likeness (QED) is 0.837. The molecule has 1 radical (unpaired) electrons. The first-order chi connectivity index (χ1) is 10.2. The molecule has 2 heteroatoms. The second-order valence-corrected chi connectivity index (χ2v) is 5.76. The molecule has 2 aromatic carbocycles. The summed E-state index contributed by atoms with van der Waals surface area (Å²) in [7, 11) is 0. The van der Waals surface area contributed by atoms with Crippen LogP contribution in [0.3, 0.4) is 0 Å². The molecule has 0 saturated carbocycles. The molecule has 0 bridgehead atoms. The molecule has 1 aliphatic heterocycles. The average Bonchev–Trinajstić information content (AvgIpc) is 2.53. The van der Waals surface area contributed by atoms with E-state index in [4.69, 9.17) is 4.74 Å². The maximum atomic E-state index is 6.22. The molecule has 21 heavy (non-hydrogen) atoms. The summed E-state index contributed by atoms with van der Waals surface area (Å²) >= 11 is 0. The van der Waals surface area contributed by atoms with Crippen molar-refractivity contribution < 1.29 is 4.74 Å². The molecule has 1 saturated heterocycles. The van der Waals surface area contributed by atoms with Crippen LogP contribution in [0.25, 0.3) is 0 Å². The molecular weight excluding hydrogens is 258 g/mol. The van der Waals surface area contributed by atoms with E-state index in [2.05, 4.69) is 55.1 Å². The zero-order valence-corrected chi connectivity index (χ0v) is 12.8. The molecule has 3 rings (SSSR count). The summed E-state index contributed by atoms with van der Waals surface area (Å²) in [6, 6.07) is 17.6. The monoisotopic (exact) mass is 280 g/mol. The van der Waals surface area contributed by atoms with Gasteiger partial charge in [-0.15, -0.1) is 0 Å². The Kier molecular flexibility index (Phi) is 4.14. The maximum absolute atomic E-state index is 6.22. The zero-order valence-electron chi connectivity index (χ0n) is 12.8. The van der Waals surface area contributed by atoms with E-state index >= 15 is 0 Å². The van der Waals surface area contributed by atoms with E-state index in [0.29, 0.717) is 6.10 Å². The van der Waals surface area contributed by atoms with Crippen LogP contribution >= 0.6 is 0 Å². The van der Waals surface area contributed by atoms with Crippen LogP contribution in [0.5, 0.6) is 5.75 Å². The van der Waals surface area contributed by atoms with Crippen molar-refractivity contribution in [2.45, 2.75) is 32.8 Å². The molecule has 0 aliphatic carbocycles. The van der Waals surface area contributed by atoms with Crippen LogP contribution in [-0.2, 0) is 0 Å². The third-order valence-corrected chi connectivity index (χ3v) is 4.36. The lowest BCUT2D eigenvalue weighted by Gasteiger charge is -2.34. The van der Waals surface area contributed by atoms with Gasteiger partial charge in [0.1, 0.15) is 11.9 Å². The summed E-state index contributed by atoms with van der Waals surface area (Å²) < 4.78 is 6.22. The molecule has 0 aromatic heterocycles. The van der Waals surface area contributed by atoms with Gasteiger partial charge in [0.15, 0.2) is 0 Å². The summed E-state index contributed by atoms with van der Waals surface area (Å²) in [4.78, 5) is 2.43. The number of rotatable bonds is 3. The number of hydrogen-bond donors (Lipinski definition) is 0. The highest BCUT2D eigenvalue weighted by Gasteiger charge is 2.21. The van der Waals surface area contributed by atoms with Gasteiger partial charge in [-0.3, -0.25) is 0 Å². The molecule has 2 aromatic rings. The van der Waals surface area contributed by atoms with Gasteiger partial charge in [-0.1, -0.05) is 24.3 Å². The van der Waals surface area contributed by atoms with Gasteiger partial charge in [0.05, 0.1) is 0 Å². The summed E-state index contributed by atoms with van der Waals surface area (Å²) in [5.41, 5.74) is 3.85. The van der Waals surface area contributed by atoms with E-state index in [1.54, 1.807) is 0 Å². The number of ether oxygens (including phenoxy) is 1. The number of piperidine rings is 1. The molecule has 0 unspecified atom stereocenters. The Labute approximate surface area is 127 Å². The van der Waals surface area contributed by atoms with Crippen molar-refractivity contribution in [2.75, 3.05) is 18.0 Å². The van der Waals surface area contributed by atoms with Crippen molar-refractivity contribution in [3.63, 3.8) is 0 Å². The fourth-order valence-electron chi connectivity index (χ4n) is 2.85. The molecule has 0 spiro atoms. The summed E-state index contributed by atoms with van der Waals surface area (Å²) in [5.74, 6) is 1.04. The number of nitrogens with zero attached hydrogens (tertiary/aromatic N) is 1. The SMILES string of the molecule is Cc1cccc(OC2CCN(c3cc[c]cc3)CC2)c1C. The van der Waals surface area contributed by atoms with Crippen LogP contribution in [0, 0.1) is 19.9 Å². The van der Waals surface area contributed by atoms with Crippen LogP contribution < -0.4 is 9.64 Å². The highest BCUT2D eigenvalue weighted by Crippen LogP contribution is 2.26. The first kappa shape index (κ1) is 14.0. The van der Waals surface area contributed by atoms with Crippen LogP contribution in [-0.4, -0.2) is 19.2 Å². The van der Waals surface area contributed by atoms with Crippen LogP contribution in [0.15, 0.2) is 42.5 Å². The minimum absolute atomic E-state index is 0.331. The molecule has 2 nitrogen and oxygen atoms in total. The number of anilines is 1. The smallest absolute Gasteiger partial charge is 0.122 e. The van der Waals surface area contributed by atoms with Gasteiger partial charge < -0.3 is 9.64 Å². The van der Waals surface area contributed by atoms with Crippen LogP contribution in [0.2, 0.25) is 0 Å². The minimum Gasteiger partial charge on any atom is -0.490 e. The summed E-state index contributed by atoms with van der Waals surface area (Å²) in [6.07, 6.45) is 2.48. The molecule has 0 N–H and O–H groups in total. The van der Waals surface area contributed by atoms with Crippen molar-refractivity contribution in [3.8, 4) is 5.75 Å². The Morgan fingerprint density at radius 3 is 2.48 bits per heavy atom. The van der Waals surface area contributed by atoms with Crippen molar-refractivity contribution in [1.82, 2.24) is 0 Å². The lowest BCUT2D eigenvalue weighted by Crippen LogP contribution is -2.38.